The van der Waals surface area contributed by atoms with Crippen LogP contribution in [0.2, 0.25) is 5.02 Å². The topological polar surface area (TPSA) is 44.9 Å². The van der Waals surface area contributed by atoms with Crippen molar-refractivity contribution in [1.29, 1.82) is 0 Å². The first kappa shape index (κ1) is 17.5. The second kappa shape index (κ2) is 6.89. The summed E-state index contributed by atoms with van der Waals surface area (Å²) in [5, 5.41) is 4.62. The first-order valence-corrected chi connectivity index (χ1v) is 8.52. The number of rotatable bonds is 5. The lowest BCUT2D eigenvalue weighted by molar-refractivity contribution is -0.122. The molecule has 0 unspecified atom stereocenters. The first-order chi connectivity index (χ1) is 11.8. The minimum absolute atomic E-state index is 0.0812. The Morgan fingerprint density at radius 3 is 2.72 bits per heavy atom. The number of amides is 1. The molecular weight excluding hydrogens is 339 g/mol. The van der Waals surface area contributed by atoms with E-state index in [2.05, 4.69) is 10.3 Å². The maximum Gasteiger partial charge on any atom is 0.224 e. The highest BCUT2D eigenvalue weighted by Gasteiger charge is 2.22. The Morgan fingerprint density at radius 1 is 1.20 bits per heavy atom. The zero-order valence-electron chi connectivity index (χ0n) is 14.2. The van der Waals surface area contributed by atoms with Crippen molar-refractivity contribution >= 4 is 28.4 Å². The Bertz CT molecular complexity index is 917. The fourth-order valence-corrected chi connectivity index (χ4v) is 3.26. The normalized spacial score (nSPS) is 11.7. The van der Waals surface area contributed by atoms with Crippen LogP contribution in [-0.2, 0) is 17.6 Å². The van der Waals surface area contributed by atoms with E-state index in [1.54, 1.807) is 12.3 Å². The number of carbonyl (C=O) groups is 1. The number of carbonyl (C=O) groups excluding carboxylic acids is 1. The van der Waals surface area contributed by atoms with Crippen LogP contribution in [0.5, 0.6) is 0 Å². The van der Waals surface area contributed by atoms with Gasteiger partial charge in [-0.15, -0.1) is 0 Å². The van der Waals surface area contributed by atoms with Crippen molar-refractivity contribution in [3.8, 4) is 0 Å². The number of nitrogens with one attached hydrogen (secondary N) is 2. The summed E-state index contributed by atoms with van der Waals surface area (Å²) >= 11 is 6.21. The third-order valence-electron chi connectivity index (χ3n) is 4.15. The van der Waals surface area contributed by atoms with Gasteiger partial charge in [-0.25, -0.2) is 4.39 Å². The fraction of sp³-hybridized carbons (Fsp3) is 0.250. The molecule has 0 saturated carbocycles. The van der Waals surface area contributed by atoms with E-state index < -0.39 is 5.54 Å². The van der Waals surface area contributed by atoms with E-state index >= 15 is 0 Å². The van der Waals surface area contributed by atoms with Gasteiger partial charge < -0.3 is 10.3 Å². The highest BCUT2D eigenvalue weighted by atomic mass is 35.5. The lowest BCUT2D eigenvalue weighted by atomic mass is 9.94. The van der Waals surface area contributed by atoms with Crippen LogP contribution in [0.1, 0.15) is 25.0 Å². The van der Waals surface area contributed by atoms with Crippen LogP contribution in [-0.4, -0.2) is 16.4 Å². The highest BCUT2D eigenvalue weighted by Crippen LogP contribution is 2.22. The fourth-order valence-electron chi connectivity index (χ4n) is 3.06. The minimum atomic E-state index is -0.430. The van der Waals surface area contributed by atoms with Crippen LogP contribution in [0.25, 0.3) is 10.9 Å². The van der Waals surface area contributed by atoms with E-state index in [0.717, 1.165) is 16.5 Å². The van der Waals surface area contributed by atoms with Gasteiger partial charge in [0.1, 0.15) is 5.82 Å². The SMILES string of the molecule is CC(C)(Cc1ccccc1Cl)NC(=O)Cc1c[nH]c2cc(F)ccc12. The van der Waals surface area contributed by atoms with Crippen LogP contribution in [0.4, 0.5) is 4.39 Å². The van der Waals surface area contributed by atoms with Crippen molar-refractivity contribution < 1.29 is 9.18 Å². The summed E-state index contributed by atoms with van der Waals surface area (Å²) in [6.07, 6.45) is 2.62. The van der Waals surface area contributed by atoms with E-state index in [9.17, 15) is 9.18 Å². The number of benzene rings is 2. The Morgan fingerprint density at radius 2 is 1.96 bits per heavy atom. The van der Waals surface area contributed by atoms with Gasteiger partial charge in [0.15, 0.2) is 0 Å². The largest absolute Gasteiger partial charge is 0.361 e. The van der Waals surface area contributed by atoms with Crippen LogP contribution in [0.15, 0.2) is 48.7 Å². The quantitative estimate of drug-likeness (QED) is 0.685. The maximum absolute atomic E-state index is 13.3. The van der Waals surface area contributed by atoms with E-state index in [1.165, 1.54) is 12.1 Å². The van der Waals surface area contributed by atoms with E-state index in [0.29, 0.717) is 17.0 Å². The van der Waals surface area contributed by atoms with Gasteiger partial charge in [-0.2, -0.15) is 0 Å². The molecule has 0 atom stereocenters. The van der Waals surface area contributed by atoms with Crippen molar-refractivity contribution in [2.45, 2.75) is 32.2 Å². The summed E-state index contributed by atoms with van der Waals surface area (Å²) in [5.74, 6) is -0.381. The molecule has 3 aromatic rings. The van der Waals surface area contributed by atoms with Crippen LogP contribution in [0.3, 0.4) is 0 Å². The Balaban J connectivity index is 1.69. The summed E-state index contributed by atoms with van der Waals surface area (Å²) in [6.45, 7) is 3.94. The van der Waals surface area contributed by atoms with Crippen LogP contribution >= 0.6 is 11.6 Å². The van der Waals surface area contributed by atoms with E-state index in [-0.39, 0.29) is 18.1 Å². The molecule has 0 radical (unpaired) electrons. The third kappa shape index (κ3) is 4.20. The molecule has 0 bridgehead atoms. The van der Waals surface area contributed by atoms with Crippen molar-refractivity contribution in [3.05, 3.63) is 70.6 Å². The Labute approximate surface area is 151 Å². The lowest BCUT2D eigenvalue weighted by Crippen LogP contribution is -2.45. The molecule has 3 rings (SSSR count). The number of fused-ring (bicyclic) bond motifs is 1. The zero-order valence-corrected chi connectivity index (χ0v) is 15.0. The molecule has 2 N–H and O–H groups in total. The van der Waals surface area contributed by atoms with E-state index in [4.69, 9.17) is 11.6 Å². The summed E-state index contributed by atoms with van der Waals surface area (Å²) in [4.78, 5) is 15.5. The molecule has 1 aromatic heterocycles. The summed E-state index contributed by atoms with van der Waals surface area (Å²) in [5.41, 5.74) is 2.11. The predicted octanol–water partition coefficient (Wildman–Crippen LogP) is 4.64. The number of aromatic nitrogens is 1. The van der Waals surface area contributed by atoms with Gasteiger partial charge in [-0.05, 0) is 55.7 Å². The zero-order chi connectivity index (χ0) is 18.0. The molecule has 0 saturated heterocycles. The molecule has 0 aliphatic rings. The van der Waals surface area contributed by atoms with Gasteiger partial charge in [-0.1, -0.05) is 29.8 Å². The minimum Gasteiger partial charge on any atom is -0.361 e. The molecule has 1 amide bonds. The smallest absolute Gasteiger partial charge is 0.224 e. The van der Waals surface area contributed by atoms with Crippen molar-refractivity contribution in [1.82, 2.24) is 10.3 Å². The molecular formula is C20H20ClFN2O. The average Bonchev–Trinajstić information content (AvgIpc) is 2.90. The van der Waals surface area contributed by atoms with Crippen molar-refractivity contribution in [2.24, 2.45) is 0 Å². The lowest BCUT2D eigenvalue weighted by Gasteiger charge is -2.27. The number of halogens is 2. The van der Waals surface area contributed by atoms with Crippen LogP contribution < -0.4 is 5.32 Å². The summed E-state index contributed by atoms with van der Waals surface area (Å²) < 4.78 is 13.3. The Hall–Kier alpha value is -2.33. The number of H-pyrrole nitrogens is 1. The molecule has 130 valence electrons. The monoisotopic (exact) mass is 358 g/mol. The highest BCUT2D eigenvalue weighted by molar-refractivity contribution is 6.31. The second-order valence-electron chi connectivity index (χ2n) is 6.88. The van der Waals surface area contributed by atoms with Gasteiger partial charge in [0.2, 0.25) is 5.91 Å². The molecule has 1 heterocycles. The second-order valence-corrected chi connectivity index (χ2v) is 7.29. The van der Waals surface area contributed by atoms with Gasteiger partial charge in [0, 0.05) is 27.7 Å². The molecule has 0 fully saturated rings. The third-order valence-corrected chi connectivity index (χ3v) is 4.52. The summed E-state index contributed by atoms with van der Waals surface area (Å²) in [7, 11) is 0. The maximum atomic E-state index is 13.3. The standard InChI is InChI=1S/C20H20ClFN2O/c1-20(2,11-13-5-3-4-6-17(13)21)24-19(25)9-14-12-23-18-10-15(22)7-8-16(14)18/h3-8,10,12,23H,9,11H2,1-2H3,(H,24,25). The molecule has 25 heavy (non-hydrogen) atoms. The Kier molecular flexibility index (Phi) is 4.82. The molecule has 3 nitrogen and oxygen atoms in total. The number of hydrogen-bond acceptors (Lipinski definition) is 1. The van der Waals surface area contributed by atoms with Gasteiger partial charge in [0.25, 0.3) is 0 Å². The van der Waals surface area contributed by atoms with E-state index in [1.807, 2.05) is 38.1 Å². The van der Waals surface area contributed by atoms with Crippen molar-refractivity contribution in [2.75, 3.05) is 0 Å². The van der Waals surface area contributed by atoms with Gasteiger partial charge >= 0.3 is 0 Å². The average molecular weight is 359 g/mol. The van der Waals surface area contributed by atoms with Gasteiger partial charge in [0.05, 0.1) is 6.42 Å². The molecule has 0 aliphatic heterocycles. The number of aromatic amines is 1. The van der Waals surface area contributed by atoms with Crippen molar-refractivity contribution in [3.63, 3.8) is 0 Å². The summed E-state index contributed by atoms with van der Waals surface area (Å²) in [6, 6.07) is 12.2. The molecule has 0 aliphatic carbocycles. The first-order valence-electron chi connectivity index (χ1n) is 8.14. The molecule has 2 aromatic carbocycles. The molecule has 0 spiro atoms. The van der Waals surface area contributed by atoms with Gasteiger partial charge in [-0.3, -0.25) is 4.79 Å². The predicted molar refractivity (Wildman–Crippen MR) is 99.3 cm³/mol. The number of hydrogen-bond donors (Lipinski definition) is 2. The van der Waals surface area contributed by atoms with Crippen LogP contribution in [0, 0.1) is 5.82 Å². The molecule has 5 heteroatoms.